The van der Waals surface area contributed by atoms with Crippen LogP contribution >= 0.6 is 31.9 Å². The molecule has 2 aromatic rings. The molecule has 0 unspecified atom stereocenters. The Hall–Kier alpha value is -0.670. The maximum Gasteiger partial charge on any atom is 0.217 e. The molecule has 0 saturated carbocycles. The Labute approximate surface area is 106 Å². The van der Waals surface area contributed by atoms with Crippen LogP contribution in [0.25, 0.3) is 17.1 Å². The summed E-state index contributed by atoms with van der Waals surface area (Å²) in [7, 11) is 0. The SMILES string of the molecule is BrCC(Br)=C[n+]1cccc2ccccc21. The van der Waals surface area contributed by atoms with Gasteiger partial charge in [0.05, 0.1) is 4.48 Å². The van der Waals surface area contributed by atoms with Crippen molar-refractivity contribution in [1.29, 1.82) is 0 Å². The van der Waals surface area contributed by atoms with E-state index in [1.165, 1.54) is 10.9 Å². The Balaban J connectivity index is 2.61. The second-order valence-corrected chi connectivity index (χ2v) is 4.76. The van der Waals surface area contributed by atoms with Crippen LogP contribution in [0, 0.1) is 0 Å². The van der Waals surface area contributed by atoms with Crippen LogP contribution in [0.2, 0.25) is 0 Å². The molecule has 0 fully saturated rings. The highest BCUT2D eigenvalue weighted by Gasteiger charge is 2.05. The summed E-state index contributed by atoms with van der Waals surface area (Å²) in [6, 6.07) is 12.5. The number of benzene rings is 1. The van der Waals surface area contributed by atoms with Gasteiger partial charge in [-0.05, 0) is 28.1 Å². The minimum absolute atomic E-state index is 0.823. The summed E-state index contributed by atoms with van der Waals surface area (Å²) in [5, 5.41) is 2.06. The van der Waals surface area contributed by atoms with Gasteiger partial charge in [0.2, 0.25) is 5.52 Å². The zero-order valence-corrected chi connectivity index (χ0v) is 11.2. The third kappa shape index (κ3) is 2.47. The van der Waals surface area contributed by atoms with Gasteiger partial charge >= 0.3 is 0 Å². The van der Waals surface area contributed by atoms with E-state index in [0.29, 0.717) is 0 Å². The summed E-state index contributed by atoms with van der Waals surface area (Å²) >= 11 is 6.90. The van der Waals surface area contributed by atoms with Crippen molar-refractivity contribution in [3.63, 3.8) is 0 Å². The summed E-state index contributed by atoms with van der Waals surface area (Å²) in [6.07, 6.45) is 4.11. The molecule has 0 aliphatic heterocycles. The van der Waals surface area contributed by atoms with Gasteiger partial charge in [-0.2, -0.15) is 4.57 Å². The van der Waals surface area contributed by atoms with E-state index < -0.39 is 0 Å². The van der Waals surface area contributed by atoms with E-state index in [9.17, 15) is 0 Å². The number of hydrogen-bond donors (Lipinski definition) is 0. The fourth-order valence-corrected chi connectivity index (χ4v) is 1.85. The molecule has 0 spiro atoms. The first-order valence-electron chi connectivity index (χ1n) is 4.62. The zero-order chi connectivity index (χ0) is 10.7. The lowest BCUT2D eigenvalue weighted by molar-refractivity contribution is -0.539. The van der Waals surface area contributed by atoms with E-state index in [1.807, 2.05) is 12.3 Å². The molecule has 0 bridgehead atoms. The van der Waals surface area contributed by atoms with Gasteiger partial charge in [-0.3, -0.25) is 0 Å². The number of pyridine rings is 1. The number of nitrogens with zero attached hydrogens (tertiary/aromatic N) is 1. The second kappa shape index (κ2) is 4.90. The van der Waals surface area contributed by atoms with Crippen LogP contribution in [-0.4, -0.2) is 5.33 Å². The number of para-hydroxylation sites is 1. The van der Waals surface area contributed by atoms with Crippen LogP contribution in [0.1, 0.15) is 0 Å². The smallest absolute Gasteiger partial charge is 0.166 e. The van der Waals surface area contributed by atoms with Gasteiger partial charge < -0.3 is 0 Å². The van der Waals surface area contributed by atoms with E-state index in [-0.39, 0.29) is 0 Å². The van der Waals surface area contributed by atoms with Gasteiger partial charge in [0.1, 0.15) is 0 Å². The number of fused-ring (bicyclic) bond motifs is 1. The van der Waals surface area contributed by atoms with E-state index in [2.05, 4.69) is 73.0 Å². The largest absolute Gasteiger partial charge is 0.217 e. The molecular weight excluding hydrogens is 318 g/mol. The van der Waals surface area contributed by atoms with E-state index in [4.69, 9.17) is 0 Å². The molecule has 0 N–H and O–H groups in total. The number of hydrogen-bond acceptors (Lipinski definition) is 0. The molecule has 0 aliphatic rings. The Morgan fingerprint density at radius 2 is 1.93 bits per heavy atom. The fourth-order valence-electron chi connectivity index (χ4n) is 1.48. The predicted molar refractivity (Wildman–Crippen MR) is 71.1 cm³/mol. The summed E-state index contributed by atoms with van der Waals surface area (Å²) in [6.45, 7) is 0. The fraction of sp³-hybridized carbons (Fsp3) is 0.0833. The monoisotopic (exact) mass is 326 g/mol. The highest BCUT2D eigenvalue weighted by Crippen LogP contribution is 2.11. The number of allylic oxidation sites excluding steroid dienone is 1. The summed E-state index contributed by atoms with van der Waals surface area (Å²) in [5.74, 6) is 0. The number of alkyl halides is 1. The maximum atomic E-state index is 3.49. The predicted octanol–water partition coefficient (Wildman–Crippen LogP) is 3.72. The lowest BCUT2D eigenvalue weighted by Gasteiger charge is -1.96. The average Bonchev–Trinajstić information content (AvgIpc) is 2.29. The van der Waals surface area contributed by atoms with Crippen molar-refractivity contribution in [3.05, 3.63) is 47.1 Å². The Morgan fingerprint density at radius 3 is 2.73 bits per heavy atom. The first-order chi connectivity index (χ1) is 7.31. The molecule has 3 heteroatoms. The van der Waals surface area contributed by atoms with Crippen LogP contribution in [0.15, 0.2) is 47.1 Å². The molecule has 0 amide bonds. The normalized spacial score (nSPS) is 12.0. The molecule has 2 rings (SSSR count). The molecule has 1 nitrogen and oxygen atoms in total. The molecule has 1 aromatic carbocycles. The molecule has 76 valence electrons. The summed E-state index contributed by atoms with van der Waals surface area (Å²) < 4.78 is 3.23. The molecule has 0 atom stereocenters. The molecule has 1 heterocycles. The minimum atomic E-state index is 0.823. The lowest BCUT2D eigenvalue weighted by atomic mass is 10.2. The van der Waals surface area contributed by atoms with Crippen molar-refractivity contribution >= 4 is 49.0 Å². The first kappa shape index (κ1) is 10.8. The minimum Gasteiger partial charge on any atom is -0.166 e. The van der Waals surface area contributed by atoms with Crippen molar-refractivity contribution in [2.45, 2.75) is 0 Å². The van der Waals surface area contributed by atoms with Crippen LogP contribution in [0.5, 0.6) is 0 Å². The highest BCUT2D eigenvalue weighted by atomic mass is 79.9. The zero-order valence-electron chi connectivity index (χ0n) is 8.03. The van der Waals surface area contributed by atoms with Crippen molar-refractivity contribution < 1.29 is 4.57 Å². The van der Waals surface area contributed by atoms with Crippen LogP contribution in [0.3, 0.4) is 0 Å². The molecule has 0 aliphatic carbocycles. The van der Waals surface area contributed by atoms with Gasteiger partial charge in [0.25, 0.3) is 0 Å². The third-order valence-corrected chi connectivity index (χ3v) is 3.99. The van der Waals surface area contributed by atoms with Gasteiger partial charge in [-0.25, -0.2) is 0 Å². The topological polar surface area (TPSA) is 3.88 Å². The third-order valence-electron chi connectivity index (χ3n) is 2.14. The van der Waals surface area contributed by atoms with E-state index >= 15 is 0 Å². The maximum absolute atomic E-state index is 3.49. The van der Waals surface area contributed by atoms with Crippen molar-refractivity contribution in [2.75, 3.05) is 5.33 Å². The van der Waals surface area contributed by atoms with Gasteiger partial charge in [0.15, 0.2) is 12.4 Å². The van der Waals surface area contributed by atoms with E-state index in [1.54, 1.807) is 0 Å². The van der Waals surface area contributed by atoms with Crippen LogP contribution < -0.4 is 4.57 Å². The molecule has 0 saturated heterocycles. The van der Waals surface area contributed by atoms with Gasteiger partial charge in [-0.1, -0.05) is 28.1 Å². The number of halogens is 2. The number of aromatic nitrogens is 1. The standard InChI is InChI=1S/C12H10Br2N/c13-8-11(14)9-15-7-3-5-10-4-1-2-6-12(10)15/h1-7,9H,8H2/q+1. The van der Waals surface area contributed by atoms with Crippen LogP contribution in [0.4, 0.5) is 0 Å². The van der Waals surface area contributed by atoms with Crippen molar-refractivity contribution in [3.8, 4) is 0 Å². The molecular formula is C12H10Br2N+. The lowest BCUT2D eigenvalue weighted by Crippen LogP contribution is -2.26. The highest BCUT2D eigenvalue weighted by molar-refractivity contribution is 9.13. The molecule has 15 heavy (non-hydrogen) atoms. The van der Waals surface area contributed by atoms with E-state index in [0.717, 1.165) is 9.81 Å². The van der Waals surface area contributed by atoms with Crippen molar-refractivity contribution in [2.24, 2.45) is 0 Å². The Morgan fingerprint density at radius 1 is 1.20 bits per heavy atom. The van der Waals surface area contributed by atoms with Crippen molar-refractivity contribution in [1.82, 2.24) is 0 Å². The Bertz CT molecular complexity index is 500. The Kier molecular flexibility index (Phi) is 3.54. The number of rotatable bonds is 2. The molecule has 0 radical (unpaired) electrons. The summed E-state index contributed by atoms with van der Waals surface area (Å²) in [5.41, 5.74) is 1.21. The van der Waals surface area contributed by atoms with Gasteiger partial charge in [-0.15, -0.1) is 0 Å². The van der Waals surface area contributed by atoms with Gasteiger partial charge in [0, 0.05) is 22.8 Å². The molecule has 1 aromatic heterocycles. The average molecular weight is 328 g/mol. The van der Waals surface area contributed by atoms with Crippen LogP contribution in [-0.2, 0) is 0 Å². The summed E-state index contributed by atoms with van der Waals surface area (Å²) in [4.78, 5) is 0. The quantitative estimate of drug-likeness (QED) is 0.584. The second-order valence-electron chi connectivity index (χ2n) is 3.18. The first-order valence-corrected chi connectivity index (χ1v) is 6.54.